The lowest BCUT2D eigenvalue weighted by Gasteiger charge is -2.30. The number of carbonyl (C=O) groups excluding carboxylic acids is 4. The van der Waals surface area contributed by atoms with Crippen molar-refractivity contribution >= 4 is 36.0 Å². The number of methoxy groups -OCH3 is 2. The van der Waals surface area contributed by atoms with Gasteiger partial charge in [0.25, 0.3) is 5.91 Å². The molecule has 0 fully saturated rings. The number of amides is 2. The number of aliphatic hydroxyl groups excluding tert-OH is 1. The van der Waals surface area contributed by atoms with Crippen LogP contribution in [0.25, 0.3) is 0 Å². The topological polar surface area (TPSA) is 170 Å². The van der Waals surface area contributed by atoms with E-state index in [0.29, 0.717) is 25.1 Å². The summed E-state index contributed by atoms with van der Waals surface area (Å²) in [6.07, 6.45) is 3.88. The van der Waals surface area contributed by atoms with Crippen LogP contribution in [0.4, 0.5) is 4.79 Å². The molecular formula is C32H49ClN4O8. The summed E-state index contributed by atoms with van der Waals surface area (Å²) in [5, 5.41) is 17.0. The molecular weight excluding hydrogens is 604 g/mol. The second kappa shape index (κ2) is 18.6. The molecule has 6 atom stereocenters. The third-order valence-corrected chi connectivity index (χ3v) is 7.65. The van der Waals surface area contributed by atoms with E-state index in [2.05, 4.69) is 10.6 Å². The SMILES string of the molecule is CO[C@H]1/C=C/C=C(\C)C(=O)NC2=CC(=O)C(NCCN(C)C)=C(C[C@@H](C)C[C@H](OC)[C@H](O)[C@@H](C)/C=C(\C)[C@@H]1OC(N)=O)C2=O.Cl. The van der Waals surface area contributed by atoms with Gasteiger partial charge in [0.2, 0.25) is 11.6 Å². The normalized spacial score (nSPS) is 30.3. The molecule has 0 saturated carbocycles. The van der Waals surface area contributed by atoms with Gasteiger partial charge in [0.05, 0.1) is 23.6 Å². The number of Topliss-reactive ketones (excluding diaryl/α,β-unsaturated/α-hetero) is 1. The zero-order chi connectivity index (χ0) is 33.1. The van der Waals surface area contributed by atoms with Gasteiger partial charge in [-0.1, -0.05) is 38.2 Å². The number of likely N-dealkylation sites (N-methyl/N-ethyl adjacent to an activating group) is 1. The first-order valence-electron chi connectivity index (χ1n) is 14.7. The van der Waals surface area contributed by atoms with E-state index in [1.165, 1.54) is 20.3 Å². The fourth-order valence-electron chi connectivity index (χ4n) is 5.18. The highest BCUT2D eigenvalue weighted by Crippen LogP contribution is 2.28. The van der Waals surface area contributed by atoms with Gasteiger partial charge in [-0.25, -0.2) is 4.79 Å². The van der Waals surface area contributed by atoms with Crippen molar-refractivity contribution in [3.05, 3.63) is 58.5 Å². The molecule has 2 aliphatic rings. The molecule has 13 heteroatoms. The van der Waals surface area contributed by atoms with E-state index in [9.17, 15) is 24.3 Å². The monoisotopic (exact) mass is 652 g/mol. The van der Waals surface area contributed by atoms with Crippen molar-refractivity contribution in [2.24, 2.45) is 17.6 Å². The van der Waals surface area contributed by atoms with Crippen molar-refractivity contribution in [3.63, 3.8) is 0 Å². The van der Waals surface area contributed by atoms with Crippen molar-refractivity contribution in [3.8, 4) is 0 Å². The van der Waals surface area contributed by atoms with Crippen LogP contribution in [0.15, 0.2) is 58.5 Å². The molecule has 0 aromatic heterocycles. The Morgan fingerprint density at radius 2 is 1.82 bits per heavy atom. The quantitative estimate of drug-likeness (QED) is 0.237. The van der Waals surface area contributed by atoms with Gasteiger partial charge in [-0.3, -0.25) is 14.4 Å². The number of halogens is 1. The molecule has 2 rings (SSSR count). The molecule has 1 heterocycles. The van der Waals surface area contributed by atoms with Gasteiger partial charge in [-0.05, 0) is 52.3 Å². The van der Waals surface area contributed by atoms with Crippen molar-refractivity contribution < 1.29 is 38.5 Å². The fraction of sp³-hybridized carbons (Fsp3) is 0.562. The first-order valence-corrected chi connectivity index (χ1v) is 14.7. The summed E-state index contributed by atoms with van der Waals surface area (Å²) in [6.45, 7) is 8.09. The third-order valence-electron chi connectivity index (χ3n) is 7.65. The molecule has 0 aromatic rings. The van der Waals surface area contributed by atoms with Crippen LogP contribution in [0.1, 0.15) is 40.5 Å². The van der Waals surface area contributed by atoms with E-state index in [4.69, 9.17) is 19.9 Å². The van der Waals surface area contributed by atoms with Gasteiger partial charge in [0.1, 0.15) is 6.10 Å². The minimum absolute atomic E-state index is 0. The number of hydrogen-bond donors (Lipinski definition) is 4. The Labute approximate surface area is 272 Å². The maximum Gasteiger partial charge on any atom is 0.405 e. The molecule has 2 bridgehead atoms. The number of fused-ring (bicyclic) bond motifs is 2. The minimum atomic E-state index is -0.997. The molecule has 2 amide bonds. The van der Waals surface area contributed by atoms with E-state index in [1.54, 1.807) is 32.1 Å². The highest BCUT2D eigenvalue weighted by Gasteiger charge is 2.33. The van der Waals surface area contributed by atoms with Gasteiger partial charge in [-0.15, -0.1) is 12.4 Å². The summed E-state index contributed by atoms with van der Waals surface area (Å²) in [7, 11) is 6.74. The van der Waals surface area contributed by atoms with Crippen LogP contribution in [0.3, 0.4) is 0 Å². The van der Waals surface area contributed by atoms with E-state index < -0.39 is 53.9 Å². The standard InChI is InChI=1S/C32H48N4O8.ClH/c1-18-14-22-27(34-12-13-36(5)6)24(37)17-23(29(22)39)35-31(40)19(2)10-9-11-25(42-7)30(44-32(33)41)21(4)16-20(3)28(38)26(15-18)43-8;/h9-11,16-18,20,25-26,28,30,34,38H,12-15H2,1-8H3,(H2,33,41)(H,35,40);1H/b11-9+,19-10+,21-16+;/t18-,20+,25+,26+,28-,30+;/m1./s1. The molecule has 1 aliphatic heterocycles. The van der Waals surface area contributed by atoms with Gasteiger partial charge >= 0.3 is 6.09 Å². The van der Waals surface area contributed by atoms with E-state index in [1.807, 2.05) is 32.8 Å². The summed E-state index contributed by atoms with van der Waals surface area (Å²) < 4.78 is 16.6. The minimum Gasteiger partial charge on any atom is -0.439 e. The van der Waals surface area contributed by atoms with Crippen molar-refractivity contribution in [1.82, 2.24) is 15.5 Å². The number of nitrogens with two attached hydrogens (primary N) is 1. The Morgan fingerprint density at radius 1 is 1.16 bits per heavy atom. The maximum atomic E-state index is 13.7. The predicted molar refractivity (Wildman–Crippen MR) is 173 cm³/mol. The number of ether oxygens (including phenoxy) is 3. The van der Waals surface area contributed by atoms with Crippen LogP contribution in [0.5, 0.6) is 0 Å². The van der Waals surface area contributed by atoms with Gasteiger partial charge in [0.15, 0.2) is 6.10 Å². The van der Waals surface area contributed by atoms with E-state index in [0.717, 1.165) is 6.08 Å². The molecule has 0 spiro atoms. The highest BCUT2D eigenvalue weighted by atomic mass is 35.5. The lowest BCUT2D eigenvalue weighted by atomic mass is 9.85. The molecule has 0 saturated heterocycles. The number of carbonyl (C=O) groups is 4. The molecule has 0 unspecified atom stereocenters. The van der Waals surface area contributed by atoms with Gasteiger partial charge in [-0.2, -0.15) is 0 Å². The van der Waals surface area contributed by atoms with Crippen LogP contribution in [0, 0.1) is 11.8 Å². The van der Waals surface area contributed by atoms with Crippen LogP contribution < -0.4 is 16.4 Å². The third kappa shape index (κ3) is 11.5. The number of rotatable bonds is 7. The Morgan fingerprint density at radius 3 is 2.40 bits per heavy atom. The zero-order valence-electron chi connectivity index (χ0n) is 27.4. The van der Waals surface area contributed by atoms with Crippen LogP contribution in [-0.2, 0) is 28.6 Å². The Bertz CT molecular complexity index is 1240. The second-order valence-electron chi connectivity index (χ2n) is 11.7. The van der Waals surface area contributed by atoms with Gasteiger partial charge < -0.3 is 40.6 Å². The Balaban J connectivity index is 0.0000101. The highest BCUT2D eigenvalue weighted by molar-refractivity contribution is 6.23. The van der Waals surface area contributed by atoms with Crippen molar-refractivity contribution in [1.29, 1.82) is 0 Å². The summed E-state index contributed by atoms with van der Waals surface area (Å²) in [5.41, 5.74) is 6.55. The van der Waals surface area contributed by atoms with Crippen LogP contribution in [0.2, 0.25) is 0 Å². The molecule has 45 heavy (non-hydrogen) atoms. The van der Waals surface area contributed by atoms with Crippen molar-refractivity contribution in [2.75, 3.05) is 41.4 Å². The Kier molecular flexibility index (Phi) is 16.4. The summed E-state index contributed by atoms with van der Waals surface area (Å²) in [4.78, 5) is 53.7. The number of allylic oxidation sites excluding steroid dienone is 4. The Hall–Kier alpha value is -3.29. The van der Waals surface area contributed by atoms with Crippen molar-refractivity contribution in [2.45, 2.75) is 65.0 Å². The number of ketones is 2. The molecule has 252 valence electrons. The van der Waals surface area contributed by atoms with Gasteiger partial charge in [0, 0.05) is 50.4 Å². The first-order chi connectivity index (χ1) is 20.7. The average Bonchev–Trinajstić information content (AvgIpc) is 2.95. The van der Waals surface area contributed by atoms with E-state index >= 15 is 0 Å². The maximum absolute atomic E-state index is 13.7. The second-order valence-corrected chi connectivity index (χ2v) is 11.7. The number of aliphatic hydroxyl groups is 1. The average molecular weight is 653 g/mol. The largest absolute Gasteiger partial charge is 0.439 e. The van der Waals surface area contributed by atoms with E-state index in [-0.39, 0.29) is 47.3 Å². The van der Waals surface area contributed by atoms with Crippen LogP contribution >= 0.6 is 12.4 Å². The predicted octanol–water partition coefficient (Wildman–Crippen LogP) is 2.34. The lowest BCUT2D eigenvalue weighted by Crippen LogP contribution is -2.38. The molecule has 5 N–H and O–H groups in total. The smallest absolute Gasteiger partial charge is 0.405 e. The summed E-state index contributed by atoms with van der Waals surface area (Å²) >= 11 is 0. The summed E-state index contributed by atoms with van der Waals surface area (Å²) in [5.74, 6) is -2.06. The molecule has 12 nitrogen and oxygen atoms in total. The first kappa shape index (κ1) is 39.7. The number of nitrogens with one attached hydrogen (secondary N) is 2. The molecule has 1 aliphatic carbocycles. The number of hydrogen-bond acceptors (Lipinski definition) is 10. The molecule has 0 aromatic carbocycles. The lowest BCUT2D eigenvalue weighted by molar-refractivity contribution is -0.120. The van der Waals surface area contributed by atoms with Crippen LogP contribution in [-0.4, -0.2) is 99.4 Å². The molecule has 0 radical (unpaired) electrons. The zero-order valence-corrected chi connectivity index (χ0v) is 28.2. The fourth-order valence-corrected chi connectivity index (χ4v) is 5.18. The number of nitrogens with zero attached hydrogens (tertiary/aromatic N) is 1. The number of primary amides is 1. The summed E-state index contributed by atoms with van der Waals surface area (Å²) in [6, 6.07) is 0.